The van der Waals surface area contributed by atoms with Gasteiger partial charge < -0.3 is 9.47 Å². The molecule has 1 unspecified atom stereocenters. The number of carbonyl (C=O) groups is 2. The molecule has 0 amide bonds. The molecule has 0 saturated carbocycles. The zero-order chi connectivity index (χ0) is 16.9. The SMILES string of the molecule is CCOC(=O)C1CCCc2cccc(OC(=O)c3ccccc3)c21. The van der Waals surface area contributed by atoms with Crippen LogP contribution in [0.2, 0.25) is 0 Å². The summed E-state index contributed by atoms with van der Waals surface area (Å²) in [6.07, 6.45) is 2.51. The van der Waals surface area contributed by atoms with Crippen LogP contribution in [-0.4, -0.2) is 18.5 Å². The molecule has 0 aliphatic heterocycles. The van der Waals surface area contributed by atoms with Gasteiger partial charge in [0.15, 0.2) is 0 Å². The van der Waals surface area contributed by atoms with E-state index in [2.05, 4.69) is 0 Å². The van der Waals surface area contributed by atoms with Gasteiger partial charge in [0.2, 0.25) is 0 Å². The molecule has 2 aromatic rings. The first kappa shape index (κ1) is 16.2. The lowest BCUT2D eigenvalue weighted by Crippen LogP contribution is -2.22. The maximum absolute atomic E-state index is 12.4. The molecule has 0 radical (unpaired) electrons. The Balaban J connectivity index is 1.92. The van der Waals surface area contributed by atoms with Gasteiger partial charge in [0, 0.05) is 5.56 Å². The lowest BCUT2D eigenvalue weighted by atomic mass is 9.82. The highest BCUT2D eigenvalue weighted by molar-refractivity contribution is 5.91. The van der Waals surface area contributed by atoms with Gasteiger partial charge in [-0.1, -0.05) is 30.3 Å². The Kier molecular flexibility index (Phi) is 4.94. The quantitative estimate of drug-likeness (QED) is 0.632. The molecule has 1 atom stereocenters. The van der Waals surface area contributed by atoms with E-state index in [-0.39, 0.29) is 11.9 Å². The molecular weight excluding hydrogens is 304 g/mol. The van der Waals surface area contributed by atoms with Gasteiger partial charge in [0.25, 0.3) is 0 Å². The number of aryl methyl sites for hydroxylation is 1. The van der Waals surface area contributed by atoms with E-state index in [1.165, 1.54) is 0 Å². The third kappa shape index (κ3) is 3.32. The normalized spacial score (nSPS) is 16.1. The molecule has 1 aliphatic carbocycles. The first-order valence-corrected chi connectivity index (χ1v) is 8.26. The highest BCUT2D eigenvalue weighted by atomic mass is 16.5. The zero-order valence-corrected chi connectivity index (χ0v) is 13.7. The van der Waals surface area contributed by atoms with Gasteiger partial charge in [0.05, 0.1) is 18.1 Å². The fourth-order valence-electron chi connectivity index (χ4n) is 3.14. The molecule has 0 saturated heterocycles. The number of esters is 2. The maximum Gasteiger partial charge on any atom is 0.343 e. The van der Waals surface area contributed by atoms with Gasteiger partial charge in [-0.15, -0.1) is 0 Å². The van der Waals surface area contributed by atoms with Crippen LogP contribution < -0.4 is 4.74 Å². The Labute approximate surface area is 141 Å². The van der Waals surface area contributed by atoms with Crippen LogP contribution in [0.4, 0.5) is 0 Å². The lowest BCUT2D eigenvalue weighted by molar-refractivity contribution is -0.145. The highest BCUT2D eigenvalue weighted by Gasteiger charge is 2.31. The molecule has 1 aliphatic rings. The van der Waals surface area contributed by atoms with Crippen LogP contribution in [0.5, 0.6) is 5.75 Å². The molecule has 4 heteroatoms. The summed E-state index contributed by atoms with van der Waals surface area (Å²) in [5.74, 6) is -0.577. The monoisotopic (exact) mass is 324 g/mol. The summed E-state index contributed by atoms with van der Waals surface area (Å²) >= 11 is 0. The standard InChI is InChI=1S/C20H20O4/c1-2-23-20(22)16-12-6-10-14-11-7-13-17(18(14)16)24-19(21)15-8-4-3-5-9-15/h3-5,7-9,11,13,16H,2,6,10,12H2,1H3. The Hall–Kier alpha value is -2.62. The first-order valence-electron chi connectivity index (χ1n) is 8.26. The third-order valence-electron chi connectivity index (χ3n) is 4.23. The van der Waals surface area contributed by atoms with Crippen LogP contribution in [0.25, 0.3) is 0 Å². The smallest absolute Gasteiger partial charge is 0.343 e. The van der Waals surface area contributed by atoms with Crippen molar-refractivity contribution in [3.05, 3.63) is 65.2 Å². The van der Waals surface area contributed by atoms with E-state index in [1.807, 2.05) is 18.2 Å². The fourth-order valence-corrected chi connectivity index (χ4v) is 3.14. The van der Waals surface area contributed by atoms with E-state index in [9.17, 15) is 9.59 Å². The van der Waals surface area contributed by atoms with Crippen LogP contribution in [0.15, 0.2) is 48.5 Å². The van der Waals surface area contributed by atoms with Gasteiger partial charge in [-0.2, -0.15) is 0 Å². The summed E-state index contributed by atoms with van der Waals surface area (Å²) in [5.41, 5.74) is 2.34. The van der Waals surface area contributed by atoms with E-state index in [4.69, 9.17) is 9.47 Å². The van der Waals surface area contributed by atoms with Crippen molar-refractivity contribution >= 4 is 11.9 Å². The highest BCUT2D eigenvalue weighted by Crippen LogP contribution is 2.39. The molecule has 3 rings (SSSR count). The Morgan fingerprint density at radius 1 is 1.08 bits per heavy atom. The second-order valence-corrected chi connectivity index (χ2v) is 5.78. The lowest BCUT2D eigenvalue weighted by Gasteiger charge is -2.26. The minimum Gasteiger partial charge on any atom is -0.466 e. The van der Waals surface area contributed by atoms with Crippen LogP contribution in [-0.2, 0) is 16.0 Å². The second-order valence-electron chi connectivity index (χ2n) is 5.78. The molecule has 0 aromatic heterocycles. The number of benzene rings is 2. The molecule has 124 valence electrons. The number of hydrogen-bond acceptors (Lipinski definition) is 4. The van der Waals surface area contributed by atoms with E-state index in [0.717, 1.165) is 24.0 Å². The summed E-state index contributed by atoms with van der Waals surface area (Å²) < 4.78 is 10.8. The van der Waals surface area contributed by atoms with Crippen LogP contribution >= 0.6 is 0 Å². The van der Waals surface area contributed by atoms with Gasteiger partial charge in [-0.05, 0) is 49.9 Å². The Morgan fingerprint density at radius 3 is 2.62 bits per heavy atom. The summed E-state index contributed by atoms with van der Waals surface area (Å²) in [7, 11) is 0. The molecular formula is C20H20O4. The van der Waals surface area contributed by atoms with Crippen molar-refractivity contribution in [2.45, 2.75) is 32.1 Å². The minimum atomic E-state index is -0.419. The molecule has 0 spiro atoms. The maximum atomic E-state index is 12.4. The molecule has 4 nitrogen and oxygen atoms in total. The van der Waals surface area contributed by atoms with Crippen molar-refractivity contribution in [2.75, 3.05) is 6.61 Å². The number of hydrogen-bond donors (Lipinski definition) is 0. The predicted molar refractivity (Wildman–Crippen MR) is 90.2 cm³/mol. The molecule has 0 fully saturated rings. The minimum absolute atomic E-state index is 0.248. The van der Waals surface area contributed by atoms with Gasteiger partial charge in [0.1, 0.15) is 5.75 Å². The van der Waals surface area contributed by atoms with Crippen molar-refractivity contribution in [2.24, 2.45) is 0 Å². The number of ether oxygens (including phenoxy) is 2. The van der Waals surface area contributed by atoms with Crippen LogP contribution in [0.1, 0.15) is 47.2 Å². The average molecular weight is 324 g/mol. The molecule has 2 aromatic carbocycles. The van der Waals surface area contributed by atoms with Crippen LogP contribution in [0.3, 0.4) is 0 Å². The van der Waals surface area contributed by atoms with Crippen molar-refractivity contribution in [3.63, 3.8) is 0 Å². The summed E-state index contributed by atoms with van der Waals surface area (Å²) in [6, 6.07) is 14.4. The molecule has 0 N–H and O–H groups in total. The van der Waals surface area contributed by atoms with Crippen molar-refractivity contribution < 1.29 is 19.1 Å². The third-order valence-corrected chi connectivity index (χ3v) is 4.23. The Bertz CT molecular complexity index is 737. The summed E-state index contributed by atoms with van der Waals surface area (Å²) in [5, 5.41) is 0. The first-order chi connectivity index (χ1) is 11.7. The molecule has 0 bridgehead atoms. The Morgan fingerprint density at radius 2 is 1.88 bits per heavy atom. The number of fused-ring (bicyclic) bond motifs is 1. The topological polar surface area (TPSA) is 52.6 Å². The zero-order valence-electron chi connectivity index (χ0n) is 13.7. The van der Waals surface area contributed by atoms with E-state index < -0.39 is 5.97 Å². The van der Waals surface area contributed by atoms with Crippen molar-refractivity contribution in [3.8, 4) is 5.75 Å². The van der Waals surface area contributed by atoms with Crippen LogP contribution in [0, 0.1) is 0 Å². The average Bonchev–Trinajstić information content (AvgIpc) is 2.62. The summed E-state index contributed by atoms with van der Waals surface area (Å²) in [4.78, 5) is 24.7. The largest absolute Gasteiger partial charge is 0.466 e. The predicted octanol–water partition coefficient (Wildman–Crippen LogP) is 3.89. The van der Waals surface area contributed by atoms with E-state index >= 15 is 0 Å². The van der Waals surface area contributed by atoms with Crippen molar-refractivity contribution in [1.29, 1.82) is 0 Å². The molecule has 24 heavy (non-hydrogen) atoms. The van der Waals surface area contributed by atoms with Gasteiger partial charge >= 0.3 is 11.9 Å². The van der Waals surface area contributed by atoms with Gasteiger partial charge in [-0.25, -0.2) is 4.79 Å². The van der Waals surface area contributed by atoms with Gasteiger partial charge in [-0.3, -0.25) is 4.79 Å². The second kappa shape index (κ2) is 7.30. The van der Waals surface area contributed by atoms with Crippen molar-refractivity contribution in [1.82, 2.24) is 0 Å². The van der Waals surface area contributed by atoms with E-state index in [1.54, 1.807) is 37.3 Å². The molecule has 0 heterocycles. The number of rotatable bonds is 4. The number of carbonyl (C=O) groups excluding carboxylic acids is 2. The van der Waals surface area contributed by atoms with E-state index in [0.29, 0.717) is 24.3 Å². The summed E-state index contributed by atoms with van der Waals surface area (Å²) in [6.45, 7) is 2.14. The fraction of sp³-hybridized carbons (Fsp3) is 0.300.